The van der Waals surface area contributed by atoms with E-state index in [1.807, 2.05) is 18.2 Å². The van der Waals surface area contributed by atoms with Crippen molar-refractivity contribution in [3.05, 3.63) is 18.2 Å². The molecule has 1 unspecified atom stereocenters. The van der Waals surface area contributed by atoms with Crippen LogP contribution in [0, 0.1) is 0 Å². The second kappa shape index (κ2) is 3.51. The highest BCUT2D eigenvalue weighted by Gasteiger charge is 2.15. The highest BCUT2D eigenvalue weighted by atomic mass is 16.5. The molecule has 0 aliphatic carbocycles. The summed E-state index contributed by atoms with van der Waals surface area (Å²) >= 11 is 0. The van der Waals surface area contributed by atoms with Crippen LogP contribution in [0.1, 0.15) is 6.42 Å². The predicted molar refractivity (Wildman–Crippen MR) is 55.8 cm³/mol. The van der Waals surface area contributed by atoms with Crippen LogP contribution in [0.25, 0.3) is 11.0 Å². The van der Waals surface area contributed by atoms with Crippen LogP contribution in [0.4, 0.5) is 0 Å². The van der Waals surface area contributed by atoms with Gasteiger partial charge in [0.2, 0.25) is 0 Å². The molecule has 1 atom stereocenters. The topological polar surface area (TPSA) is 62.8 Å². The van der Waals surface area contributed by atoms with E-state index >= 15 is 0 Å². The van der Waals surface area contributed by atoms with E-state index in [9.17, 15) is 0 Å². The van der Waals surface area contributed by atoms with Crippen molar-refractivity contribution >= 4 is 11.0 Å². The van der Waals surface area contributed by atoms with Gasteiger partial charge in [0.05, 0.1) is 0 Å². The van der Waals surface area contributed by atoms with Gasteiger partial charge >= 0.3 is 0 Å². The van der Waals surface area contributed by atoms with Crippen LogP contribution in [0.2, 0.25) is 0 Å². The highest BCUT2D eigenvalue weighted by Crippen LogP contribution is 2.19. The summed E-state index contributed by atoms with van der Waals surface area (Å²) in [4.78, 5) is 0. The monoisotopic (exact) mass is 204 g/mol. The summed E-state index contributed by atoms with van der Waals surface area (Å²) in [5.74, 6) is 0.866. The molecule has 2 heterocycles. The molecule has 1 aliphatic heterocycles. The molecule has 15 heavy (non-hydrogen) atoms. The minimum atomic E-state index is 0.286. The third kappa shape index (κ3) is 1.66. The van der Waals surface area contributed by atoms with Gasteiger partial charge in [-0.2, -0.15) is 15.4 Å². The number of nitrogens with zero attached hydrogens (tertiary/aromatic N) is 2. The lowest BCUT2D eigenvalue weighted by Crippen LogP contribution is -2.19. The molecule has 78 valence electrons. The molecule has 5 nitrogen and oxygen atoms in total. The Morgan fingerprint density at radius 3 is 3.07 bits per heavy atom. The number of hydrogen-bond donors (Lipinski definition) is 2. The molecule has 5 heteroatoms. The first-order chi connectivity index (χ1) is 7.42. The van der Waals surface area contributed by atoms with E-state index in [2.05, 4.69) is 20.7 Å². The van der Waals surface area contributed by atoms with E-state index in [4.69, 9.17) is 4.74 Å². The lowest BCUT2D eigenvalue weighted by molar-refractivity contribution is 0.223. The van der Waals surface area contributed by atoms with E-state index in [0.717, 1.165) is 36.3 Å². The smallest absolute Gasteiger partial charge is 0.122 e. The van der Waals surface area contributed by atoms with E-state index in [0.29, 0.717) is 0 Å². The van der Waals surface area contributed by atoms with Gasteiger partial charge in [0.25, 0.3) is 0 Å². The normalized spacial score (nSPS) is 20.9. The zero-order valence-electron chi connectivity index (χ0n) is 8.23. The maximum Gasteiger partial charge on any atom is 0.122 e. The standard InChI is InChI=1S/C10H12N4O/c1-2-9-10(13-14-12-9)5-7(1)15-8-3-4-11-6-8/h1-2,5,8,11H,3-4,6H2,(H,12,13,14). The first-order valence-electron chi connectivity index (χ1n) is 5.10. The molecular weight excluding hydrogens is 192 g/mol. The molecule has 0 saturated carbocycles. The van der Waals surface area contributed by atoms with Crippen LogP contribution in [-0.4, -0.2) is 34.6 Å². The van der Waals surface area contributed by atoms with E-state index in [-0.39, 0.29) is 6.10 Å². The molecule has 1 fully saturated rings. The van der Waals surface area contributed by atoms with Gasteiger partial charge in [0, 0.05) is 12.6 Å². The summed E-state index contributed by atoms with van der Waals surface area (Å²) in [5.41, 5.74) is 1.71. The molecule has 1 aromatic heterocycles. The highest BCUT2D eigenvalue weighted by molar-refractivity contribution is 5.75. The van der Waals surface area contributed by atoms with Crippen molar-refractivity contribution in [3.63, 3.8) is 0 Å². The maximum atomic E-state index is 5.81. The minimum absolute atomic E-state index is 0.286. The van der Waals surface area contributed by atoms with Gasteiger partial charge in [-0.05, 0) is 25.1 Å². The zero-order chi connectivity index (χ0) is 10.1. The molecule has 1 saturated heterocycles. The largest absolute Gasteiger partial charge is 0.489 e. The van der Waals surface area contributed by atoms with Crippen LogP contribution < -0.4 is 10.1 Å². The fourth-order valence-electron chi connectivity index (χ4n) is 1.81. The third-order valence-electron chi connectivity index (χ3n) is 2.61. The van der Waals surface area contributed by atoms with Gasteiger partial charge in [0.15, 0.2) is 0 Å². The fourth-order valence-corrected chi connectivity index (χ4v) is 1.81. The molecule has 1 aliphatic rings. The number of hydrogen-bond acceptors (Lipinski definition) is 4. The number of H-pyrrole nitrogens is 1. The molecule has 0 radical (unpaired) electrons. The van der Waals surface area contributed by atoms with Crippen LogP contribution in [-0.2, 0) is 0 Å². The van der Waals surface area contributed by atoms with Crippen molar-refractivity contribution in [2.45, 2.75) is 12.5 Å². The minimum Gasteiger partial charge on any atom is -0.489 e. The number of rotatable bonds is 2. The average Bonchev–Trinajstić information content (AvgIpc) is 2.87. The van der Waals surface area contributed by atoms with Gasteiger partial charge in [0.1, 0.15) is 22.9 Å². The van der Waals surface area contributed by atoms with Crippen LogP contribution in [0.5, 0.6) is 5.75 Å². The Morgan fingerprint density at radius 1 is 1.27 bits per heavy atom. The van der Waals surface area contributed by atoms with Crippen molar-refractivity contribution in [2.24, 2.45) is 0 Å². The molecule has 3 rings (SSSR count). The Labute approximate surface area is 86.8 Å². The van der Waals surface area contributed by atoms with E-state index in [1.165, 1.54) is 0 Å². The SMILES string of the molecule is c1cc2n[nH]nc2cc1OC1CCNC1. The van der Waals surface area contributed by atoms with Gasteiger partial charge in [-0.15, -0.1) is 0 Å². The summed E-state index contributed by atoms with van der Waals surface area (Å²) < 4.78 is 5.81. The number of aromatic nitrogens is 3. The van der Waals surface area contributed by atoms with Gasteiger partial charge < -0.3 is 10.1 Å². The summed E-state index contributed by atoms with van der Waals surface area (Å²) in [6.07, 6.45) is 1.35. The fraction of sp³-hybridized carbons (Fsp3) is 0.400. The number of ether oxygens (including phenoxy) is 1. The second-order valence-electron chi connectivity index (χ2n) is 3.71. The van der Waals surface area contributed by atoms with Crippen LogP contribution in [0.3, 0.4) is 0 Å². The van der Waals surface area contributed by atoms with Crippen molar-refractivity contribution in [1.29, 1.82) is 0 Å². The maximum absolute atomic E-state index is 5.81. The lowest BCUT2D eigenvalue weighted by Gasteiger charge is -2.11. The molecule has 1 aromatic carbocycles. The van der Waals surface area contributed by atoms with Crippen LogP contribution >= 0.6 is 0 Å². The lowest BCUT2D eigenvalue weighted by atomic mass is 10.3. The Kier molecular flexibility index (Phi) is 2.03. The van der Waals surface area contributed by atoms with E-state index in [1.54, 1.807) is 0 Å². The Bertz CT molecular complexity index is 461. The molecule has 2 N–H and O–H groups in total. The third-order valence-corrected chi connectivity index (χ3v) is 2.61. The van der Waals surface area contributed by atoms with Gasteiger partial charge in [-0.3, -0.25) is 0 Å². The Hall–Kier alpha value is -1.62. The first kappa shape index (κ1) is 8.67. The summed E-state index contributed by atoms with van der Waals surface area (Å²) in [5, 5.41) is 13.9. The molecule has 2 aromatic rings. The Morgan fingerprint density at radius 2 is 2.20 bits per heavy atom. The molecule has 0 bridgehead atoms. The summed E-state index contributed by atoms with van der Waals surface area (Å²) in [6, 6.07) is 5.76. The van der Waals surface area contributed by atoms with Crippen LogP contribution in [0.15, 0.2) is 18.2 Å². The predicted octanol–water partition coefficient (Wildman–Crippen LogP) is 0.699. The Balaban J connectivity index is 1.84. The van der Waals surface area contributed by atoms with Crippen molar-refractivity contribution in [2.75, 3.05) is 13.1 Å². The first-order valence-corrected chi connectivity index (χ1v) is 5.10. The average molecular weight is 204 g/mol. The van der Waals surface area contributed by atoms with Crippen molar-refractivity contribution in [3.8, 4) is 5.75 Å². The molecular formula is C10H12N4O. The second-order valence-corrected chi connectivity index (χ2v) is 3.71. The van der Waals surface area contributed by atoms with Gasteiger partial charge in [-0.25, -0.2) is 0 Å². The number of aromatic amines is 1. The van der Waals surface area contributed by atoms with E-state index < -0.39 is 0 Å². The molecule has 0 amide bonds. The number of fused-ring (bicyclic) bond motifs is 1. The summed E-state index contributed by atoms with van der Waals surface area (Å²) in [6.45, 7) is 1.97. The number of nitrogens with one attached hydrogen (secondary N) is 2. The quantitative estimate of drug-likeness (QED) is 0.755. The van der Waals surface area contributed by atoms with Crippen molar-refractivity contribution < 1.29 is 4.74 Å². The van der Waals surface area contributed by atoms with Gasteiger partial charge in [-0.1, -0.05) is 0 Å². The zero-order valence-corrected chi connectivity index (χ0v) is 8.23. The van der Waals surface area contributed by atoms with Crippen molar-refractivity contribution in [1.82, 2.24) is 20.7 Å². The molecule has 0 spiro atoms. The number of benzene rings is 1. The summed E-state index contributed by atoms with van der Waals surface area (Å²) in [7, 11) is 0.